The molecule has 17 heavy (non-hydrogen) atoms. The summed E-state index contributed by atoms with van der Waals surface area (Å²) >= 11 is 0. The van der Waals surface area contributed by atoms with Crippen LogP contribution >= 0.6 is 0 Å². The van der Waals surface area contributed by atoms with Crippen LogP contribution in [0.1, 0.15) is 65.2 Å². The summed E-state index contributed by atoms with van der Waals surface area (Å²) in [5, 5.41) is 10.6. The van der Waals surface area contributed by atoms with Crippen molar-refractivity contribution < 1.29 is 13.9 Å². The highest BCUT2D eigenvalue weighted by molar-refractivity contribution is 4.94. The van der Waals surface area contributed by atoms with E-state index in [1.54, 1.807) is 0 Å². The Bertz CT molecular complexity index is 288. The van der Waals surface area contributed by atoms with Crippen LogP contribution in [0.2, 0.25) is 0 Å². The minimum Gasteiger partial charge on any atom is -0.390 e. The van der Waals surface area contributed by atoms with E-state index in [0.29, 0.717) is 12.8 Å². The van der Waals surface area contributed by atoms with Crippen molar-refractivity contribution in [3.63, 3.8) is 0 Å². The van der Waals surface area contributed by atoms with Gasteiger partial charge in [-0.05, 0) is 43.4 Å². The zero-order chi connectivity index (χ0) is 12.7. The molecule has 1 nitrogen and oxygen atoms in total. The van der Waals surface area contributed by atoms with Crippen LogP contribution in [0.25, 0.3) is 0 Å². The molecule has 2 aliphatic carbocycles. The maximum absolute atomic E-state index is 13.1. The zero-order valence-electron chi connectivity index (χ0n) is 10.9. The Morgan fingerprint density at radius 3 is 2.41 bits per heavy atom. The first-order valence-corrected chi connectivity index (χ1v) is 6.80. The van der Waals surface area contributed by atoms with E-state index in [1.165, 1.54) is 0 Å². The monoisotopic (exact) mass is 246 g/mol. The van der Waals surface area contributed by atoms with Crippen molar-refractivity contribution in [1.29, 1.82) is 0 Å². The molecule has 0 aliphatic heterocycles. The van der Waals surface area contributed by atoms with E-state index in [9.17, 15) is 13.9 Å². The number of alkyl halides is 2. The van der Waals surface area contributed by atoms with Gasteiger partial charge in [-0.1, -0.05) is 20.3 Å². The van der Waals surface area contributed by atoms with Crippen molar-refractivity contribution in [1.82, 2.24) is 0 Å². The standard InChI is InChI=1S/C14H24F2O/c1-12(2)5-3-6-13(17,10-12)8-11-4-7-14(15,16)9-11/h11,17H,3-10H2,1-2H3. The van der Waals surface area contributed by atoms with Crippen LogP contribution < -0.4 is 0 Å². The average Bonchev–Trinajstić information content (AvgIpc) is 2.41. The molecular formula is C14H24F2O. The molecule has 100 valence electrons. The summed E-state index contributed by atoms with van der Waals surface area (Å²) in [6.07, 6.45) is 4.86. The Hall–Kier alpha value is -0.180. The second-order valence-electron chi connectivity index (χ2n) is 7.09. The van der Waals surface area contributed by atoms with Crippen molar-refractivity contribution in [2.45, 2.75) is 76.7 Å². The van der Waals surface area contributed by atoms with Crippen molar-refractivity contribution >= 4 is 0 Å². The number of hydrogen-bond donors (Lipinski definition) is 1. The fourth-order valence-electron chi connectivity index (χ4n) is 3.89. The lowest BCUT2D eigenvalue weighted by Crippen LogP contribution is -2.40. The number of rotatable bonds is 2. The van der Waals surface area contributed by atoms with Crippen LogP contribution in [-0.4, -0.2) is 16.6 Å². The van der Waals surface area contributed by atoms with Crippen LogP contribution in [0.15, 0.2) is 0 Å². The van der Waals surface area contributed by atoms with E-state index in [0.717, 1.165) is 25.7 Å². The zero-order valence-corrected chi connectivity index (χ0v) is 10.9. The third-order valence-corrected chi connectivity index (χ3v) is 4.48. The van der Waals surface area contributed by atoms with Gasteiger partial charge in [0.2, 0.25) is 5.92 Å². The van der Waals surface area contributed by atoms with Crippen molar-refractivity contribution in [3.8, 4) is 0 Å². The second kappa shape index (κ2) is 4.18. The fourth-order valence-corrected chi connectivity index (χ4v) is 3.89. The van der Waals surface area contributed by atoms with Crippen molar-refractivity contribution in [2.75, 3.05) is 0 Å². The minimum absolute atomic E-state index is 0.0111. The van der Waals surface area contributed by atoms with Gasteiger partial charge in [0, 0.05) is 12.8 Å². The number of halogens is 2. The molecule has 2 unspecified atom stereocenters. The highest BCUT2D eigenvalue weighted by Crippen LogP contribution is 2.48. The van der Waals surface area contributed by atoms with E-state index in [2.05, 4.69) is 13.8 Å². The second-order valence-corrected chi connectivity index (χ2v) is 7.09. The topological polar surface area (TPSA) is 20.2 Å². The molecule has 0 amide bonds. The van der Waals surface area contributed by atoms with E-state index in [4.69, 9.17) is 0 Å². The summed E-state index contributed by atoms with van der Waals surface area (Å²) in [6.45, 7) is 4.33. The van der Waals surface area contributed by atoms with Gasteiger partial charge in [-0.25, -0.2) is 8.78 Å². The molecular weight excluding hydrogens is 222 g/mol. The van der Waals surface area contributed by atoms with Crippen molar-refractivity contribution in [2.24, 2.45) is 11.3 Å². The van der Waals surface area contributed by atoms with Gasteiger partial charge in [-0.15, -0.1) is 0 Å². The Morgan fingerprint density at radius 1 is 1.18 bits per heavy atom. The van der Waals surface area contributed by atoms with Gasteiger partial charge in [0.15, 0.2) is 0 Å². The largest absolute Gasteiger partial charge is 0.390 e. The maximum Gasteiger partial charge on any atom is 0.248 e. The normalized spacial score (nSPS) is 40.4. The lowest BCUT2D eigenvalue weighted by molar-refractivity contribution is -0.0597. The molecule has 0 saturated heterocycles. The maximum atomic E-state index is 13.1. The van der Waals surface area contributed by atoms with E-state index in [-0.39, 0.29) is 24.2 Å². The predicted octanol–water partition coefficient (Wildman–Crippen LogP) is 4.14. The van der Waals surface area contributed by atoms with Gasteiger partial charge in [-0.3, -0.25) is 0 Å². The molecule has 3 heteroatoms. The lowest BCUT2D eigenvalue weighted by atomic mass is 9.67. The Kier molecular flexibility index (Phi) is 3.26. The first-order chi connectivity index (χ1) is 7.70. The molecule has 0 aromatic carbocycles. The summed E-state index contributed by atoms with van der Waals surface area (Å²) in [4.78, 5) is 0. The van der Waals surface area contributed by atoms with Gasteiger partial charge < -0.3 is 5.11 Å². The molecule has 0 radical (unpaired) electrons. The van der Waals surface area contributed by atoms with Crippen molar-refractivity contribution in [3.05, 3.63) is 0 Å². The predicted molar refractivity (Wildman–Crippen MR) is 64.1 cm³/mol. The molecule has 0 spiro atoms. The van der Waals surface area contributed by atoms with Gasteiger partial charge in [-0.2, -0.15) is 0 Å². The number of hydrogen-bond acceptors (Lipinski definition) is 1. The first-order valence-electron chi connectivity index (χ1n) is 6.80. The third-order valence-electron chi connectivity index (χ3n) is 4.48. The van der Waals surface area contributed by atoms with Crippen LogP contribution in [0.3, 0.4) is 0 Å². The molecule has 1 N–H and O–H groups in total. The summed E-state index contributed by atoms with van der Waals surface area (Å²) < 4.78 is 26.3. The van der Waals surface area contributed by atoms with Gasteiger partial charge >= 0.3 is 0 Å². The Balaban J connectivity index is 1.94. The summed E-state index contributed by atoms with van der Waals surface area (Å²) in [5.41, 5.74) is -0.527. The number of aliphatic hydroxyl groups is 1. The molecule has 0 aromatic heterocycles. The van der Waals surface area contributed by atoms with Crippen LogP contribution in [0.4, 0.5) is 8.78 Å². The van der Waals surface area contributed by atoms with Crippen LogP contribution in [-0.2, 0) is 0 Å². The SMILES string of the molecule is CC1(C)CCCC(O)(CC2CCC(F)(F)C2)C1. The van der Waals surface area contributed by atoms with Gasteiger partial charge in [0.25, 0.3) is 0 Å². The Labute approximate surface area is 103 Å². The third kappa shape index (κ3) is 3.40. The highest BCUT2D eigenvalue weighted by Gasteiger charge is 2.45. The quantitative estimate of drug-likeness (QED) is 0.776. The molecule has 2 atom stereocenters. The average molecular weight is 246 g/mol. The smallest absolute Gasteiger partial charge is 0.248 e. The summed E-state index contributed by atoms with van der Waals surface area (Å²) in [7, 11) is 0. The van der Waals surface area contributed by atoms with E-state index >= 15 is 0 Å². The van der Waals surface area contributed by atoms with E-state index < -0.39 is 11.5 Å². The molecule has 2 aliphatic rings. The van der Waals surface area contributed by atoms with Gasteiger partial charge in [0.1, 0.15) is 0 Å². The summed E-state index contributed by atoms with van der Waals surface area (Å²) in [6, 6.07) is 0. The molecule has 0 bridgehead atoms. The van der Waals surface area contributed by atoms with Gasteiger partial charge in [0.05, 0.1) is 5.60 Å². The molecule has 0 aromatic rings. The summed E-state index contributed by atoms with van der Waals surface area (Å²) in [5.74, 6) is -2.46. The van der Waals surface area contributed by atoms with E-state index in [1.807, 2.05) is 0 Å². The minimum atomic E-state index is -2.48. The highest BCUT2D eigenvalue weighted by atomic mass is 19.3. The molecule has 0 heterocycles. The molecule has 2 saturated carbocycles. The fraction of sp³-hybridized carbons (Fsp3) is 1.00. The molecule has 2 fully saturated rings. The van der Waals surface area contributed by atoms with Crippen LogP contribution in [0, 0.1) is 11.3 Å². The Morgan fingerprint density at radius 2 is 1.88 bits per heavy atom. The lowest BCUT2D eigenvalue weighted by Gasteiger charge is -2.42. The molecule has 2 rings (SSSR count). The first kappa shape index (κ1) is 13.3. The van der Waals surface area contributed by atoms with Crippen LogP contribution in [0.5, 0.6) is 0 Å².